The number of amides is 1. The number of anilines is 1. The van der Waals surface area contributed by atoms with Crippen molar-refractivity contribution in [1.82, 2.24) is 0 Å². The molecule has 1 amide bonds. The van der Waals surface area contributed by atoms with Gasteiger partial charge < -0.3 is 18.6 Å². The maximum Gasteiger partial charge on any atom is 0.300 e. The van der Waals surface area contributed by atoms with Crippen molar-refractivity contribution in [2.24, 2.45) is 0 Å². The predicted octanol–water partition coefficient (Wildman–Crippen LogP) is 2.87. The number of ether oxygens (including phenoxy) is 3. The Morgan fingerprint density at radius 3 is 2.38 bits per heavy atom. The second kappa shape index (κ2) is 6.97. The van der Waals surface area contributed by atoms with E-state index in [0.29, 0.717) is 5.58 Å². The smallest absolute Gasteiger partial charge is 0.300 e. The van der Waals surface area contributed by atoms with Gasteiger partial charge in [-0.2, -0.15) is 0 Å². The van der Waals surface area contributed by atoms with E-state index >= 15 is 0 Å². The third kappa shape index (κ3) is 2.80. The van der Waals surface area contributed by atoms with Gasteiger partial charge in [0, 0.05) is 11.5 Å². The number of ketones is 2. The van der Waals surface area contributed by atoms with Crippen molar-refractivity contribution < 1.29 is 33.0 Å². The van der Waals surface area contributed by atoms with Gasteiger partial charge in [-0.25, -0.2) is 0 Å². The number of furan rings is 1. The van der Waals surface area contributed by atoms with E-state index in [4.69, 9.17) is 18.6 Å². The summed E-state index contributed by atoms with van der Waals surface area (Å²) in [6.07, 6.45) is 0. The number of para-hydroxylation sites is 1. The van der Waals surface area contributed by atoms with Crippen LogP contribution in [-0.4, -0.2) is 45.3 Å². The standard InChI is InChI=1S/C21H17NO7/c1-26-16-9-12-17(20(28-3)19(16)27-2)18(24)21(25)22(12)10-13(23)15-8-11-6-4-5-7-14(11)29-15/h4-9H,10H2,1-3H3. The topological polar surface area (TPSA) is 95.3 Å². The number of rotatable bonds is 6. The molecule has 3 aromatic rings. The number of hydrogen-bond acceptors (Lipinski definition) is 7. The summed E-state index contributed by atoms with van der Waals surface area (Å²) in [6.45, 7) is -0.365. The highest BCUT2D eigenvalue weighted by atomic mass is 16.5. The van der Waals surface area contributed by atoms with Crippen molar-refractivity contribution in [3.05, 3.63) is 47.7 Å². The number of nitrogens with zero attached hydrogens (tertiary/aromatic N) is 1. The lowest BCUT2D eigenvalue weighted by molar-refractivity contribution is -0.114. The van der Waals surface area contributed by atoms with Crippen molar-refractivity contribution >= 4 is 34.1 Å². The van der Waals surface area contributed by atoms with Gasteiger partial charge in [0.15, 0.2) is 17.3 Å². The minimum absolute atomic E-state index is 0.0348. The monoisotopic (exact) mass is 395 g/mol. The molecule has 2 heterocycles. The van der Waals surface area contributed by atoms with Crippen molar-refractivity contribution in [3.8, 4) is 17.2 Å². The summed E-state index contributed by atoms with van der Waals surface area (Å²) in [7, 11) is 4.18. The summed E-state index contributed by atoms with van der Waals surface area (Å²) in [4.78, 5) is 39.1. The van der Waals surface area contributed by atoms with Crippen LogP contribution in [0.15, 0.2) is 40.8 Å². The molecule has 148 valence electrons. The first-order chi connectivity index (χ1) is 14.0. The second-order valence-electron chi connectivity index (χ2n) is 6.33. The lowest BCUT2D eigenvalue weighted by atomic mass is 10.1. The molecule has 0 fully saturated rings. The Labute approximate surface area is 165 Å². The molecule has 1 aliphatic heterocycles. The van der Waals surface area contributed by atoms with Gasteiger partial charge in [-0.3, -0.25) is 19.3 Å². The lowest BCUT2D eigenvalue weighted by Crippen LogP contribution is -2.34. The summed E-state index contributed by atoms with van der Waals surface area (Å²) in [5.74, 6) is -1.41. The molecule has 0 spiro atoms. The van der Waals surface area contributed by atoms with Crippen LogP contribution in [0.1, 0.15) is 20.9 Å². The number of carbonyl (C=O) groups excluding carboxylic acids is 3. The molecular weight excluding hydrogens is 378 g/mol. The van der Waals surface area contributed by atoms with Gasteiger partial charge in [-0.15, -0.1) is 0 Å². The van der Waals surface area contributed by atoms with Crippen molar-refractivity contribution in [1.29, 1.82) is 0 Å². The summed E-state index contributed by atoms with van der Waals surface area (Å²) < 4.78 is 21.5. The van der Waals surface area contributed by atoms with Crippen LogP contribution in [0.25, 0.3) is 11.0 Å². The highest BCUT2D eigenvalue weighted by Gasteiger charge is 2.42. The molecule has 0 saturated carbocycles. The lowest BCUT2D eigenvalue weighted by Gasteiger charge is -2.18. The molecule has 8 heteroatoms. The third-order valence-corrected chi connectivity index (χ3v) is 4.77. The molecule has 0 atom stereocenters. The average molecular weight is 395 g/mol. The van der Waals surface area contributed by atoms with E-state index in [0.717, 1.165) is 10.3 Å². The van der Waals surface area contributed by atoms with Crippen molar-refractivity contribution in [2.45, 2.75) is 0 Å². The molecule has 4 rings (SSSR count). The van der Waals surface area contributed by atoms with Crippen LogP contribution >= 0.6 is 0 Å². The molecule has 0 saturated heterocycles. The fourth-order valence-electron chi connectivity index (χ4n) is 3.41. The van der Waals surface area contributed by atoms with Crippen LogP contribution in [0.4, 0.5) is 5.69 Å². The molecule has 1 aliphatic rings. The highest BCUT2D eigenvalue weighted by molar-refractivity contribution is 6.53. The van der Waals surface area contributed by atoms with Crippen molar-refractivity contribution in [3.63, 3.8) is 0 Å². The van der Waals surface area contributed by atoms with E-state index < -0.39 is 17.5 Å². The Kier molecular flexibility index (Phi) is 4.46. The fraction of sp³-hybridized carbons (Fsp3) is 0.190. The quantitative estimate of drug-likeness (QED) is 0.468. The normalized spacial score (nSPS) is 13.0. The molecule has 29 heavy (non-hydrogen) atoms. The first kappa shape index (κ1) is 18.5. The number of benzene rings is 2. The Morgan fingerprint density at radius 1 is 1.00 bits per heavy atom. The number of Topliss-reactive ketones (excluding diaryl/α,β-unsaturated/α-hetero) is 2. The average Bonchev–Trinajstić information content (AvgIpc) is 3.27. The number of methoxy groups -OCH3 is 3. The fourth-order valence-corrected chi connectivity index (χ4v) is 3.41. The molecule has 0 aliphatic carbocycles. The highest BCUT2D eigenvalue weighted by Crippen LogP contribution is 2.48. The molecule has 0 bridgehead atoms. The van der Waals surface area contributed by atoms with E-state index in [2.05, 4.69) is 0 Å². The van der Waals surface area contributed by atoms with Gasteiger partial charge in [0.05, 0.1) is 39.1 Å². The van der Waals surface area contributed by atoms with Crippen molar-refractivity contribution in [2.75, 3.05) is 32.8 Å². The van der Waals surface area contributed by atoms with E-state index in [-0.39, 0.29) is 40.8 Å². The van der Waals surface area contributed by atoms with E-state index in [1.165, 1.54) is 27.4 Å². The van der Waals surface area contributed by atoms with Crippen LogP contribution in [0.5, 0.6) is 17.2 Å². The minimum atomic E-state index is -0.835. The predicted molar refractivity (Wildman–Crippen MR) is 103 cm³/mol. The number of hydrogen-bond donors (Lipinski definition) is 0. The maximum atomic E-state index is 12.8. The molecule has 8 nitrogen and oxygen atoms in total. The second-order valence-corrected chi connectivity index (χ2v) is 6.33. The molecule has 0 N–H and O–H groups in total. The van der Waals surface area contributed by atoms with Gasteiger partial charge in [-0.1, -0.05) is 18.2 Å². The van der Waals surface area contributed by atoms with Gasteiger partial charge in [0.2, 0.25) is 11.5 Å². The van der Waals surface area contributed by atoms with Gasteiger partial charge >= 0.3 is 0 Å². The Hall–Kier alpha value is -3.81. The summed E-state index contributed by atoms with van der Waals surface area (Å²) >= 11 is 0. The van der Waals surface area contributed by atoms with E-state index in [9.17, 15) is 14.4 Å². The Bertz CT molecular complexity index is 1130. The molecular formula is C21H17NO7. The Morgan fingerprint density at radius 2 is 1.72 bits per heavy atom. The number of carbonyl (C=O) groups is 3. The maximum absolute atomic E-state index is 12.8. The first-order valence-corrected chi connectivity index (χ1v) is 8.71. The van der Waals surface area contributed by atoms with Crippen LogP contribution in [0.2, 0.25) is 0 Å². The summed E-state index contributed by atoms with van der Waals surface area (Å²) in [6, 6.07) is 10.3. The zero-order valence-electron chi connectivity index (χ0n) is 16.0. The Balaban J connectivity index is 1.75. The van der Waals surface area contributed by atoms with E-state index in [1.807, 2.05) is 12.1 Å². The minimum Gasteiger partial charge on any atom is -0.493 e. The summed E-state index contributed by atoms with van der Waals surface area (Å²) in [5, 5.41) is 0.771. The van der Waals surface area contributed by atoms with Crippen LogP contribution in [-0.2, 0) is 4.79 Å². The van der Waals surface area contributed by atoms with E-state index in [1.54, 1.807) is 18.2 Å². The SMILES string of the molecule is COc1cc2c(c(OC)c1OC)C(=O)C(=O)N2CC(=O)c1cc2ccccc2o1. The van der Waals surface area contributed by atoms with Gasteiger partial charge in [0.25, 0.3) is 11.7 Å². The van der Waals surface area contributed by atoms with Gasteiger partial charge in [-0.05, 0) is 12.1 Å². The van der Waals surface area contributed by atoms with Crippen LogP contribution < -0.4 is 19.1 Å². The molecule has 0 radical (unpaired) electrons. The molecule has 1 aromatic heterocycles. The third-order valence-electron chi connectivity index (χ3n) is 4.77. The van der Waals surface area contributed by atoms with Crippen LogP contribution in [0.3, 0.4) is 0 Å². The van der Waals surface area contributed by atoms with Crippen LogP contribution in [0, 0.1) is 0 Å². The summed E-state index contributed by atoms with van der Waals surface area (Å²) in [5.41, 5.74) is 0.819. The first-order valence-electron chi connectivity index (χ1n) is 8.71. The molecule has 2 aromatic carbocycles. The zero-order chi connectivity index (χ0) is 20.7. The van der Waals surface area contributed by atoms with Gasteiger partial charge in [0.1, 0.15) is 5.58 Å². The molecule has 0 unspecified atom stereocenters. The zero-order valence-corrected chi connectivity index (χ0v) is 16.0. The number of fused-ring (bicyclic) bond motifs is 2. The largest absolute Gasteiger partial charge is 0.493 e.